The molecular formula is C22H21IN2O. The maximum absolute atomic E-state index is 5.58. The Hall–Kier alpha value is -2.08. The van der Waals surface area contributed by atoms with Crippen LogP contribution in [0.3, 0.4) is 0 Å². The highest BCUT2D eigenvalue weighted by Crippen LogP contribution is 2.36. The van der Waals surface area contributed by atoms with Crippen molar-refractivity contribution in [2.45, 2.75) is 26.2 Å². The van der Waals surface area contributed by atoms with Gasteiger partial charge in [0.15, 0.2) is 0 Å². The molecule has 3 nitrogen and oxygen atoms in total. The number of fused-ring (bicyclic) bond motifs is 3. The van der Waals surface area contributed by atoms with Crippen molar-refractivity contribution in [2.24, 2.45) is 0 Å². The van der Waals surface area contributed by atoms with Gasteiger partial charge in [0.2, 0.25) is 0 Å². The van der Waals surface area contributed by atoms with E-state index in [4.69, 9.17) is 9.72 Å². The topological polar surface area (TPSA) is 27.1 Å². The third-order valence-electron chi connectivity index (χ3n) is 4.79. The van der Waals surface area contributed by atoms with Crippen LogP contribution in [0.15, 0.2) is 54.7 Å². The smallest absolute Gasteiger partial charge is 0.137 e. The number of methoxy groups -OCH3 is 1. The Morgan fingerprint density at radius 1 is 0.962 bits per heavy atom. The Bertz CT molecular complexity index is 1120. The first-order valence-corrected chi connectivity index (χ1v) is 9.71. The number of hydrogen-bond acceptors (Lipinski definition) is 2. The summed E-state index contributed by atoms with van der Waals surface area (Å²) in [5.74, 6) is 1.82. The number of para-hydroxylation sites is 1. The number of ether oxygens (including phenoxy) is 1. The maximum atomic E-state index is 5.58. The van der Waals surface area contributed by atoms with Crippen LogP contribution in [-0.2, 0) is 5.41 Å². The van der Waals surface area contributed by atoms with E-state index in [9.17, 15) is 0 Å². The van der Waals surface area contributed by atoms with Crippen molar-refractivity contribution in [3.63, 3.8) is 0 Å². The van der Waals surface area contributed by atoms with Crippen molar-refractivity contribution in [2.75, 3.05) is 7.11 Å². The van der Waals surface area contributed by atoms with E-state index in [2.05, 4.69) is 96.5 Å². The fraction of sp³-hybridized carbons (Fsp3) is 0.227. The van der Waals surface area contributed by atoms with Gasteiger partial charge in [0, 0.05) is 23.0 Å². The molecule has 4 rings (SSSR count). The summed E-state index contributed by atoms with van der Waals surface area (Å²) in [6.45, 7) is 6.68. The van der Waals surface area contributed by atoms with Crippen molar-refractivity contribution in [3.8, 4) is 11.6 Å². The molecule has 2 aromatic heterocycles. The van der Waals surface area contributed by atoms with Gasteiger partial charge >= 0.3 is 0 Å². The SMILES string of the molecule is COc1cc2c(cc1I)c1ccccc1n2-c1cc(C(C)(C)C)ccn1. The summed E-state index contributed by atoms with van der Waals surface area (Å²) in [6, 6.07) is 17.1. The number of halogens is 1. The molecule has 0 aliphatic carbocycles. The molecule has 0 spiro atoms. The van der Waals surface area contributed by atoms with Crippen LogP contribution >= 0.6 is 22.6 Å². The lowest BCUT2D eigenvalue weighted by Gasteiger charge is -2.20. The monoisotopic (exact) mass is 456 g/mol. The van der Waals surface area contributed by atoms with E-state index in [1.54, 1.807) is 7.11 Å². The molecular weight excluding hydrogens is 435 g/mol. The highest BCUT2D eigenvalue weighted by atomic mass is 127. The van der Waals surface area contributed by atoms with Crippen LogP contribution in [0.5, 0.6) is 5.75 Å². The quantitative estimate of drug-likeness (QED) is 0.342. The minimum atomic E-state index is 0.0729. The number of rotatable bonds is 2. The summed E-state index contributed by atoms with van der Waals surface area (Å²) in [4.78, 5) is 4.69. The van der Waals surface area contributed by atoms with Crippen LogP contribution in [0.1, 0.15) is 26.3 Å². The molecule has 26 heavy (non-hydrogen) atoms. The van der Waals surface area contributed by atoms with E-state index in [0.29, 0.717) is 0 Å². The van der Waals surface area contributed by atoms with Gasteiger partial charge in [0.05, 0.1) is 21.7 Å². The third kappa shape index (κ3) is 2.76. The van der Waals surface area contributed by atoms with Crippen LogP contribution in [0.25, 0.3) is 27.6 Å². The number of nitrogens with zero attached hydrogens (tertiary/aromatic N) is 2. The molecule has 2 heterocycles. The maximum Gasteiger partial charge on any atom is 0.137 e. The average Bonchev–Trinajstić information content (AvgIpc) is 2.94. The van der Waals surface area contributed by atoms with E-state index in [0.717, 1.165) is 26.2 Å². The summed E-state index contributed by atoms with van der Waals surface area (Å²) in [5.41, 5.74) is 3.61. The molecule has 0 atom stereocenters. The molecule has 0 aliphatic rings. The van der Waals surface area contributed by atoms with Gasteiger partial charge < -0.3 is 4.74 Å². The molecule has 0 unspecified atom stereocenters. The molecule has 0 bridgehead atoms. The normalized spacial score (nSPS) is 12.0. The standard InChI is InChI=1S/C22H21IN2O/c1-22(2,3)14-9-10-24-21(11-14)25-18-8-6-5-7-15(18)16-12-17(23)20(26-4)13-19(16)25/h5-13H,1-4H3. The van der Waals surface area contributed by atoms with Gasteiger partial charge in [-0.05, 0) is 57.8 Å². The summed E-state index contributed by atoms with van der Waals surface area (Å²) in [6.07, 6.45) is 1.90. The van der Waals surface area contributed by atoms with Crippen LogP contribution in [0, 0.1) is 3.57 Å². The summed E-state index contributed by atoms with van der Waals surface area (Å²) in [7, 11) is 1.72. The minimum Gasteiger partial charge on any atom is -0.496 e. The first-order chi connectivity index (χ1) is 12.4. The molecule has 2 aromatic carbocycles. The molecule has 0 saturated carbocycles. The van der Waals surface area contributed by atoms with Crippen molar-refractivity contribution in [1.82, 2.24) is 9.55 Å². The lowest BCUT2D eigenvalue weighted by Crippen LogP contribution is -2.12. The molecule has 0 aliphatic heterocycles. The molecule has 4 heteroatoms. The Morgan fingerprint density at radius 3 is 2.46 bits per heavy atom. The first kappa shape index (κ1) is 17.3. The second-order valence-corrected chi connectivity index (χ2v) is 8.67. The molecule has 0 amide bonds. The predicted octanol–water partition coefficient (Wildman–Crippen LogP) is 6.09. The number of benzene rings is 2. The van der Waals surface area contributed by atoms with Crippen molar-refractivity contribution >= 4 is 44.4 Å². The Balaban J connectivity index is 2.11. The van der Waals surface area contributed by atoms with Gasteiger partial charge in [-0.25, -0.2) is 4.98 Å². The molecule has 0 fully saturated rings. The van der Waals surface area contributed by atoms with Gasteiger partial charge in [-0.2, -0.15) is 0 Å². The number of aromatic nitrogens is 2. The van der Waals surface area contributed by atoms with Crippen molar-refractivity contribution < 1.29 is 4.74 Å². The van der Waals surface area contributed by atoms with E-state index in [1.165, 1.54) is 16.3 Å². The second kappa shape index (κ2) is 6.27. The van der Waals surface area contributed by atoms with Crippen molar-refractivity contribution in [1.29, 1.82) is 0 Å². The van der Waals surface area contributed by atoms with Crippen molar-refractivity contribution in [3.05, 3.63) is 63.9 Å². The van der Waals surface area contributed by atoms with E-state index >= 15 is 0 Å². The molecule has 0 N–H and O–H groups in total. The summed E-state index contributed by atoms with van der Waals surface area (Å²) >= 11 is 2.33. The zero-order valence-corrected chi connectivity index (χ0v) is 17.5. The van der Waals surface area contributed by atoms with E-state index in [-0.39, 0.29) is 5.41 Å². The molecule has 0 radical (unpaired) electrons. The van der Waals surface area contributed by atoms with Gasteiger partial charge in [-0.3, -0.25) is 4.57 Å². The predicted molar refractivity (Wildman–Crippen MR) is 117 cm³/mol. The van der Waals surface area contributed by atoms with Gasteiger partial charge in [-0.15, -0.1) is 0 Å². The lowest BCUT2D eigenvalue weighted by atomic mass is 9.88. The fourth-order valence-electron chi connectivity index (χ4n) is 3.38. The zero-order valence-electron chi connectivity index (χ0n) is 15.4. The number of hydrogen-bond donors (Lipinski definition) is 0. The van der Waals surface area contributed by atoms with Crippen LogP contribution in [-0.4, -0.2) is 16.7 Å². The molecule has 0 saturated heterocycles. The van der Waals surface area contributed by atoms with Crippen LogP contribution in [0.2, 0.25) is 0 Å². The zero-order chi connectivity index (χ0) is 18.5. The molecule has 132 valence electrons. The van der Waals surface area contributed by atoms with Crippen LogP contribution in [0.4, 0.5) is 0 Å². The third-order valence-corrected chi connectivity index (χ3v) is 5.63. The molecule has 4 aromatic rings. The van der Waals surface area contributed by atoms with Gasteiger partial charge in [-0.1, -0.05) is 39.0 Å². The van der Waals surface area contributed by atoms with Gasteiger partial charge in [0.25, 0.3) is 0 Å². The lowest BCUT2D eigenvalue weighted by molar-refractivity contribution is 0.412. The van der Waals surface area contributed by atoms with Crippen LogP contribution < -0.4 is 4.74 Å². The Morgan fingerprint density at radius 2 is 1.73 bits per heavy atom. The number of pyridine rings is 1. The summed E-state index contributed by atoms with van der Waals surface area (Å²) in [5, 5.41) is 2.44. The fourth-order valence-corrected chi connectivity index (χ4v) is 4.07. The average molecular weight is 456 g/mol. The Kier molecular flexibility index (Phi) is 4.18. The van der Waals surface area contributed by atoms with E-state index in [1.807, 2.05) is 6.20 Å². The van der Waals surface area contributed by atoms with E-state index < -0.39 is 0 Å². The Labute approximate surface area is 167 Å². The highest BCUT2D eigenvalue weighted by molar-refractivity contribution is 14.1. The van der Waals surface area contributed by atoms with Gasteiger partial charge in [0.1, 0.15) is 11.6 Å². The highest BCUT2D eigenvalue weighted by Gasteiger charge is 2.18. The first-order valence-electron chi connectivity index (χ1n) is 8.64. The second-order valence-electron chi connectivity index (χ2n) is 7.51. The minimum absolute atomic E-state index is 0.0729. The largest absolute Gasteiger partial charge is 0.496 e. The summed E-state index contributed by atoms with van der Waals surface area (Å²) < 4.78 is 8.92.